The van der Waals surface area contributed by atoms with E-state index in [-0.39, 0.29) is 5.91 Å². The Kier molecular flexibility index (Phi) is 4.01. The zero-order valence-electron chi connectivity index (χ0n) is 9.68. The van der Waals surface area contributed by atoms with Crippen LogP contribution in [0.4, 0.5) is 0 Å². The Morgan fingerprint density at radius 3 is 3.24 bits per heavy atom. The molecule has 0 aliphatic heterocycles. The van der Waals surface area contributed by atoms with Crippen molar-refractivity contribution in [3.05, 3.63) is 6.33 Å². The molecule has 5 nitrogen and oxygen atoms in total. The molecule has 0 radical (unpaired) electrons. The molecule has 17 heavy (non-hydrogen) atoms. The highest BCUT2D eigenvalue weighted by atomic mass is 32.2. The van der Waals surface area contributed by atoms with Gasteiger partial charge in [-0.3, -0.25) is 4.79 Å². The maximum absolute atomic E-state index is 11.6. The number of nitrogens with two attached hydrogens (primary N) is 1. The number of hydrogen-bond donors (Lipinski definition) is 2. The molecule has 7 heteroatoms. The summed E-state index contributed by atoms with van der Waals surface area (Å²) in [5.41, 5.74) is 5.00. The van der Waals surface area contributed by atoms with Crippen LogP contribution in [0.1, 0.15) is 26.2 Å². The first-order chi connectivity index (χ1) is 8.16. The Morgan fingerprint density at radius 1 is 1.82 bits per heavy atom. The van der Waals surface area contributed by atoms with Gasteiger partial charge in [0.2, 0.25) is 5.91 Å². The molecule has 1 heterocycles. The summed E-state index contributed by atoms with van der Waals surface area (Å²) in [6, 6.07) is 0. The van der Waals surface area contributed by atoms with E-state index in [0.29, 0.717) is 5.25 Å². The Bertz CT molecular complexity index is 384. The quantitative estimate of drug-likeness (QED) is 0.836. The van der Waals surface area contributed by atoms with Gasteiger partial charge in [-0.2, -0.15) is 4.37 Å². The SMILES string of the molecule is CCNC1(C(N)=O)CCC(Sc2ncns2)C1. The molecule has 2 unspecified atom stereocenters. The molecule has 2 atom stereocenters. The third-order valence-corrected chi connectivity index (χ3v) is 5.08. The first-order valence-corrected chi connectivity index (χ1v) is 7.30. The summed E-state index contributed by atoms with van der Waals surface area (Å²) in [5, 5.41) is 3.64. The maximum atomic E-state index is 11.6. The Hall–Kier alpha value is -0.660. The molecule has 1 saturated carbocycles. The average Bonchev–Trinajstić information content (AvgIpc) is 2.90. The molecule has 3 N–H and O–H groups in total. The first-order valence-electron chi connectivity index (χ1n) is 5.64. The van der Waals surface area contributed by atoms with Gasteiger partial charge in [-0.15, -0.1) is 0 Å². The van der Waals surface area contributed by atoms with E-state index in [2.05, 4.69) is 14.7 Å². The van der Waals surface area contributed by atoms with Crippen LogP contribution >= 0.6 is 23.3 Å². The highest BCUT2D eigenvalue weighted by Gasteiger charge is 2.43. The van der Waals surface area contributed by atoms with E-state index in [4.69, 9.17) is 5.73 Å². The molecular weight excluding hydrogens is 256 g/mol. The minimum Gasteiger partial charge on any atom is -0.368 e. The third-order valence-electron chi connectivity index (χ3n) is 3.06. The molecule has 0 bridgehead atoms. The molecule has 2 rings (SSSR count). The predicted molar refractivity (Wildman–Crippen MR) is 69.0 cm³/mol. The Labute approximate surface area is 109 Å². The first kappa shape index (κ1) is 12.8. The van der Waals surface area contributed by atoms with Crippen LogP contribution in [0.25, 0.3) is 0 Å². The van der Waals surface area contributed by atoms with E-state index in [1.807, 2.05) is 6.92 Å². The summed E-state index contributed by atoms with van der Waals surface area (Å²) in [5.74, 6) is -0.236. The van der Waals surface area contributed by atoms with Crippen LogP contribution in [0.2, 0.25) is 0 Å². The number of primary amides is 1. The minimum atomic E-state index is -0.517. The smallest absolute Gasteiger partial charge is 0.237 e. The molecular formula is C10H16N4OS2. The van der Waals surface area contributed by atoms with Gasteiger partial charge in [-0.1, -0.05) is 18.7 Å². The summed E-state index contributed by atoms with van der Waals surface area (Å²) in [6.45, 7) is 2.76. The van der Waals surface area contributed by atoms with Gasteiger partial charge in [0.1, 0.15) is 6.33 Å². The number of amides is 1. The summed E-state index contributed by atoms with van der Waals surface area (Å²) in [4.78, 5) is 15.7. The molecule has 0 saturated heterocycles. The average molecular weight is 272 g/mol. The standard InChI is InChI=1S/C10H16N4OS2/c1-2-13-10(8(11)15)4-3-7(5-10)16-9-12-6-14-17-9/h6-7,13H,2-5H2,1H3,(H2,11,15). The number of rotatable bonds is 5. The third kappa shape index (κ3) is 2.78. The van der Waals surface area contributed by atoms with Gasteiger partial charge < -0.3 is 11.1 Å². The second-order valence-corrected chi connectivity index (χ2v) is 6.49. The Balaban J connectivity index is 1.99. The fourth-order valence-corrected chi connectivity index (χ4v) is 4.25. The van der Waals surface area contributed by atoms with Crippen LogP contribution in [-0.4, -0.2) is 32.6 Å². The van der Waals surface area contributed by atoms with Gasteiger partial charge in [0.05, 0.1) is 5.54 Å². The van der Waals surface area contributed by atoms with Crippen molar-refractivity contribution in [2.24, 2.45) is 5.73 Å². The van der Waals surface area contributed by atoms with E-state index in [1.54, 1.807) is 18.1 Å². The van der Waals surface area contributed by atoms with E-state index >= 15 is 0 Å². The lowest BCUT2D eigenvalue weighted by Crippen LogP contribution is -2.53. The number of aromatic nitrogens is 2. The normalized spacial score (nSPS) is 28.4. The largest absolute Gasteiger partial charge is 0.368 e. The van der Waals surface area contributed by atoms with E-state index in [1.165, 1.54) is 11.5 Å². The van der Waals surface area contributed by atoms with Crippen molar-refractivity contribution in [1.82, 2.24) is 14.7 Å². The second-order valence-electron chi connectivity index (χ2n) is 4.17. The second kappa shape index (κ2) is 5.32. The molecule has 94 valence electrons. The van der Waals surface area contributed by atoms with Crippen molar-refractivity contribution in [3.63, 3.8) is 0 Å². The molecule has 1 aromatic heterocycles. The van der Waals surface area contributed by atoms with E-state index in [0.717, 1.165) is 30.1 Å². The number of likely N-dealkylation sites (N-methyl/N-ethyl adjacent to an activating group) is 1. The van der Waals surface area contributed by atoms with Crippen LogP contribution in [0, 0.1) is 0 Å². The zero-order chi connectivity index (χ0) is 12.3. The van der Waals surface area contributed by atoms with Crippen molar-refractivity contribution in [3.8, 4) is 0 Å². The van der Waals surface area contributed by atoms with Crippen molar-refractivity contribution in [2.45, 2.75) is 41.3 Å². The van der Waals surface area contributed by atoms with Crippen LogP contribution < -0.4 is 11.1 Å². The molecule has 0 aromatic carbocycles. The van der Waals surface area contributed by atoms with Gasteiger partial charge in [0, 0.05) is 5.25 Å². The van der Waals surface area contributed by atoms with Crippen molar-refractivity contribution < 1.29 is 4.79 Å². The summed E-state index contributed by atoms with van der Waals surface area (Å²) < 4.78 is 4.94. The number of thioether (sulfide) groups is 1. The number of nitrogens with one attached hydrogen (secondary N) is 1. The van der Waals surface area contributed by atoms with Gasteiger partial charge >= 0.3 is 0 Å². The lowest BCUT2D eigenvalue weighted by Gasteiger charge is -2.26. The Morgan fingerprint density at radius 2 is 2.65 bits per heavy atom. The molecule has 0 spiro atoms. The van der Waals surface area contributed by atoms with E-state index in [9.17, 15) is 4.79 Å². The van der Waals surface area contributed by atoms with E-state index < -0.39 is 5.54 Å². The van der Waals surface area contributed by atoms with Crippen molar-refractivity contribution >= 4 is 29.2 Å². The van der Waals surface area contributed by atoms with Gasteiger partial charge in [-0.05, 0) is 37.3 Å². The highest BCUT2D eigenvalue weighted by molar-refractivity contribution is 8.01. The number of carbonyl (C=O) groups is 1. The summed E-state index contributed by atoms with van der Waals surface area (Å²) >= 11 is 3.10. The minimum absolute atomic E-state index is 0.236. The van der Waals surface area contributed by atoms with Crippen LogP contribution in [0.15, 0.2) is 10.7 Å². The topological polar surface area (TPSA) is 80.9 Å². The predicted octanol–water partition coefficient (Wildman–Crippen LogP) is 1.02. The molecule has 1 aliphatic rings. The summed E-state index contributed by atoms with van der Waals surface area (Å²) in [6.07, 6.45) is 4.14. The van der Waals surface area contributed by atoms with Crippen LogP contribution in [0.3, 0.4) is 0 Å². The molecule has 1 aliphatic carbocycles. The molecule has 1 fully saturated rings. The monoisotopic (exact) mass is 272 g/mol. The highest BCUT2D eigenvalue weighted by Crippen LogP contribution is 2.40. The fraction of sp³-hybridized carbons (Fsp3) is 0.700. The maximum Gasteiger partial charge on any atom is 0.237 e. The summed E-state index contributed by atoms with van der Waals surface area (Å²) in [7, 11) is 0. The number of nitrogens with zero attached hydrogens (tertiary/aromatic N) is 2. The van der Waals surface area contributed by atoms with Gasteiger partial charge in [0.25, 0.3) is 0 Å². The van der Waals surface area contributed by atoms with Gasteiger partial charge in [-0.25, -0.2) is 4.98 Å². The fourth-order valence-electron chi connectivity index (χ4n) is 2.27. The van der Waals surface area contributed by atoms with Crippen LogP contribution in [0.5, 0.6) is 0 Å². The van der Waals surface area contributed by atoms with Crippen molar-refractivity contribution in [2.75, 3.05) is 6.54 Å². The lowest BCUT2D eigenvalue weighted by atomic mass is 9.97. The van der Waals surface area contributed by atoms with Crippen LogP contribution in [-0.2, 0) is 4.79 Å². The lowest BCUT2D eigenvalue weighted by molar-refractivity contribution is -0.124. The number of hydrogen-bond acceptors (Lipinski definition) is 6. The zero-order valence-corrected chi connectivity index (χ0v) is 11.3. The molecule has 1 amide bonds. The number of carbonyl (C=O) groups excluding carboxylic acids is 1. The van der Waals surface area contributed by atoms with Crippen molar-refractivity contribution in [1.29, 1.82) is 0 Å². The van der Waals surface area contributed by atoms with Gasteiger partial charge in [0.15, 0.2) is 4.34 Å². The molecule has 1 aromatic rings.